The van der Waals surface area contributed by atoms with Crippen LogP contribution in [0.2, 0.25) is 0 Å². The van der Waals surface area contributed by atoms with Crippen LogP contribution >= 0.6 is 0 Å². The minimum Gasteiger partial charge on any atom is -0.247 e. The molecule has 0 aromatic carbocycles. The molecule has 35 heavy (non-hydrogen) atoms. The number of rotatable bonds is 9. The van der Waals surface area contributed by atoms with E-state index in [1.807, 2.05) is 0 Å². The molecule has 0 N–H and O–H groups in total. The van der Waals surface area contributed by atoms with Crippen molar-refractivity contribution in [2.75, 3.05) is 0 Å². The average Bonchev–Trinajstić information content (AvgIpc) is 2.89. The van der Waals surface area contributed by atoms with Crippen LogP contribution in [-0.2, 0) is 0 Å². The standard InChI is InChI=1S/C32H55F3/c1-3-5-6-26-17-18-28(21-30(26)33)24-12-9-23(10-13-24)11-16-27-19-20-29(32(35)31(27)34)25-14-7-22(4-2)8-15-25/h22-32H,3-21H2,1-2H3. The molecule has 4 rings (SSSR count). The van der Waals surface area contributed by atoms with E-state index in [1.165, 1.54) is 64.2 Å². The Morgan fingerprint density at radius 1 is 0.543 bits per heavy atom. The Morgan fingerprint density at radius 3 is 1.83 bits per heavy atom. The normalized spacial score (nSPS) is 45.3. The number of halogens is 3. The summed E-state index contributed by atoms with van der Waals surface area (Å²) in [6, 6.07) is 0. The molecule has 0 amide bonds. The van der Waals surface area contributed by atoms with Crippen LogP contribution in [0.4, 0.5) is 13.2 Å². The molecule has 0 saturated heterocycles. The van der Waals surface area contributed by atoms with Gasteiger partial charge in [0.1, 0.15) is 18.5 Å². The van der Waals surface area contributed by atoms with Gasteiger partial charge < -0.3 is 0 Å². The molecule has 0 bridgehead atoms. The first-order valence-electron chi connectivity index (χ1n) is 15.9. The zero-order valence-electron chi connectivity index (χ0n) is 22.9. The fourth-order valence-electron chi connectivity index (χ4n) is 8.87. The van der Waals surface area contributed by atoms with Crippen LogP contribution in [0.1, 0.15) is 136 Å². The van der Waals surface area contributed by atoms with Crippen molar-refractivity contribution in [1.29, 1.82) is 0 Å². The molecule has 7 atom stereocenters. The summed E-state index contributed by atoms with van der Waals surface area (Å²) >= 11 is 0. The minimum absolute atomic E-state index is 0.0223. The summed E-state index contributed by atoms with van der Waals surface area (Å²) in [6.45, 7) is 4.46. The summed E-state index contributed by atoms with van der Waals surface area (Å²) in [5, 5.41) is 0. The summed E-state index contributed by atoms with van der Waals surface area (Å²) in [5.41, 5.74) is 0. The molecule has 4 fully saturated rings. The van der Waals surface area contributed by atoms with Crippen molar-refractivity contribution in [3.05, 3.63) is 0 Å². The molecule has 7 unspecified atom stereocenters. The van der Waals surface area contributed by atoms with Crippen molar-refractivity contribution >= 4 is 0 Å². The highest BCUT2D eigenvalue weighted by atomic mass is 19.2. The van der Waals surface area contributed by atoms with Gasteiger partial charge in [0.15, 0.2) is 0 Å². The largest absolute Gasteiger partial charge is 0.247 e. The molecule has 0 aliphatic heterocycles. The van der Waals surface area contributed by atoms with Crippen LogP contribution in [0, 0.1) is 47.3 Å². The number of alkyl halides is 3. The van der Waals surface area contributed by atoms with Gasteiger partial charge in [-0.05, 0) is 118 Å². The molecule has 0 heterocycles. The number of hydrogen-bond acceptors (Lipinski definition) is 0. The summed E-state index contributed by atoms with van der Waals surface area (Å²) in [7, 11) is 0. The first-order chi connectivity index (χ1) is 17.0. The van der Waals surface area contributed by atoms with Gasteiger partial charge >= 0.3 is 0 Å². The van der Waals surface area contributed by atoms with Gasteiger partial charge in [-0.3, -0.25) is 0 Å². The van der Waals surface area contributed by atoms with E-state index >= 15 is 8.78 Å². The molecule has 4 aliphatic rings. The van der Waals surface area contributed by atoms with E-state index in [-0.39, 0.29) is 11.8 Å². The van der Waals surface area contributed by atoms with Gasteiger partial charge in [0, 0.05) is 0 Å². The van der Waals surface area contributed by atoms with Gasteiger partial charge in [-0.25, -0.2) is 13.2 Å². The van der Waals surface area contributed by atoms with Crippen LogP contribution in [-0.4, -0.2) is 18.5 Å². The Hall–Kier alpha value is -0.210. The van der Waals surface area contributed by atoms with Crippen molar-refractivity contribution in [2.45, 2.75) is 154 Å². The lowest BCUT2D eigenvalue weighted by atomic mass is 9.65. The first kappa shape index (κ1) is 27.8. The minimum atomic E-state index is -1.24. The SMILES string of the molecule is CCCCC1CCC(C2CCC(CCC3CCC(C4CCC(CC)CC4)C(F)C3F)CC2)CC1F. The predicted octanol–water partition coefficient (Wildman–Crippen LogP) is 10.4. The van der Waals surface area contributed by atoms with Crippen molar-refractivity contribution in [1.82, 2.24) is 0 Å². The molecular formula is C32H55F3. The van der Waals surface area contributed by atoms with Crippen molar-refractivity contribution < 1.29 is 13.2 Å². The highest BCUT2D eigenvalue weighted by Crippen LogP contribution is 2.47. The number of hydrogen-bond donors (Lipinski definition) is 0. The quantitative estimate of drug-likeness (QED) is 0.298. The van der Waals surface area contributed by atoms with Gasteiger partial charge in [-0.1, -0.05) is 65.2 Å². The van der Waals surface area contributed by atoms with E-state index in [9.17, 15) is 4.39 Å². The summed E-state index contributed by atoms with van der Waals surface area (Å²) in [5.74, 6) is 3.46. The van der Waals surface area contributed by atoms with Gasteiger partial charge in [-0.2, -0.15) is 0 Å². The molecule has 204 valence electrons. The Kier molecular flexibility index (Phi) is 10.8. The Morgan fingerprint density at radius 2 is 1.17 bits per heavy atom. The zero-order chi connectivity index (χ0) is 24.8. The Balaban J connectivity index is 1.15. The fourth-order valence-corrected chi connectivity index (χ4v) is 8.87. The van der Waals surface area contributed by atoms with Gasteiger partial charge in [0.05, 0.1) is 0 Å². The molecule has 4 saturated carbocycles. The second kappa shape index (κ2) is 13.5. The second-order valence-electron chi connectivity index (χ2n) is 13.4. The van der Waals surface area contributed by atoms with Crippen LogP contribution in [0.15, 0.2) is 0 Å². The van der Waals surface area contributed by atoms with Crippen LogP contribution < -0.4 is 0 Å². The van der Waals surface area contributed by atoms with E-state index in [0.29, 0.717) is 29.6 Å². The van der Waals surface area contributed by atoms with Crippen molar-refractivity contribution in [3.63, 3.8) is 0 Å². The van der Waals surface area contributed by atoms with Crippen molar-refractivity contribution in [3.8, 4) is 0 Å². The maximum atomic E-state index is 15.2. The molecule has 3 heteroatoms. The molecule has 0 spiro atoms. The fraction of sp³-hybridized carbons (Fsp3) is 1.00. The van der Waals surface area contributed by atoms with E-state index in [0.717, 1.165) is 63.7 Å². The lowest BCUT2D eigenvalue weighted by Crippen LogP contribution is -2.42. The van der Waals surface area contributed by atoms with Crippen molar-refractivity contribution in [2.24, 2.45) is 47.3 Å². The van der Waals surface area contributed by atoms with Gasteiger partial charge in [0.25, 0.3) is 0 Å². The van der Waals surface area contributed by atoms with Crippen LogP contribution in [0.25, 0.3) is 0 Å². The highest BCUT2D eigenvalue weighted by Gasteiger charge is 2.44. The van der Waals surface area contributed by atoms with Gasteiger partial charge in [0.2, 0.25) is 0 Å². The van der Waals surface area contributed by atoms with E-state index < -0.39 is 18.5 Å². The molecule has 4 aliphatic carbocycles. The zero-order valence-corrected chi connectivity index (χ0v) is 22.9. The Labute approximate surface area is 215 Å². The van der Waals surface area contributed by atoms with Crippen LogP contribution in [0.5, 0.6) is 0 Å². The van der Waals surface area contributed by atoms with E-state index in [4.69, 9.17) is 0 Å². The third-order valence-electron chi connectivity index (χ3n) is 11.5. The lowest BCUT2D eigenvalue weighted by Gasteiger charge is -2.42. The maximum absolute atomic E-state index is 15.2. The smallest absolute Gasteiger partial charge is 0.134 e. The Bertz CT molecular complexity index is 592. The monoisotopic (exact) mass is 496 g/mol. The summed E-state index contributed by atoms with van der Waals surface area (Å²) in [4.78, 5) is 0. The highest BCUT2D eigenvalue weighted by molar-refractivity contribution is 4.93. The predicted molar refractivity (Wildman–Crippen MR) is 142 cm³/mol. The molecule has 0 radical (unpaired) electrons. The summed E-state index contributed by atoms with van der Waals surface area (Å²) in [6.07, 6.45) is 18.1. The molecule has 0 aromatic heterocycles. The topological polar surface area (TPSA) is 0 Å². The van der Waals surface area contributed by atoms with Crippen LogP contribution in [0.3, 0.4) is 0 Å². The first-order valence-corrected chi connectivity index (χ1v) is 15.9. The molecule has 0 aromatic rings. The maximum Gasteiger partial charge on any atom is 0.134 e. The van der Waals surface area contributed by atoms with Gasteiger partial charge in [-0.15, -0.1) is 0 Å². The van der Waals surface area contributed by atoms with E-state index in [2.05, 4.69) is 13.8 Å². The molecule has 0 nitrogen and oxygen atoms in total. The molecular weight excluding hydrogens is 441 g/mol. The van der Waals surface area contributed by atoms with E-state index in [1.54, 1.807) is 0 Å². The third-order valence-corrected chi connectivity index (χ3v) is 11.5. The lowest BCUT2D eigenvalue weighted by molar-refractivity contribution is -0.0162. The second-order valence-corrected chi connectivity index (χ2v) is 13.4. The average molecular weight is 497 g/mol. The summed E-state index contributed by atoms with van der Waals surface area (Å²) < 4.78 is 45.1. The third kappa shape index (κ3) is 7.22. The number of unbranched alkanes of at least 4 members (excludes halogenated alkanes) is 1.